The first-order valence-corrected chi connectivity index (χ1v) is 5.24. The number of carbonyl (C=O) groups is 1. The zero-order valence-electron chi connectivity index (χ0n) is 9.30. The molecule has 0 radical (unpaired) electrons. The van der Waals surface area contributed by atoms with Crippen molar-refractivity contribution in [3.05, 3.63) is 29.3 Å². The summed E-state index contributed by atoms with van der Waals surface area (Å²) in [4.78, 5) is 21.3. The smallest absolute Gasteiger partial charge is 0.327 e. The van der Waals surface area contributed by atoms with Crippen LogP contribution in [-0.4, -0.2) is 12.6 Å². The Labute approximate surface area is 98.4 Å². The summed E-state index contributed by atoms with van der Waals surface area (Å²) in [5.41, 5.74) is 1.45. The van der Waals surface area contributed by atoms with E-state index in [0.717, 1.165) is 5.56 Å². The number of ether oxygens (including phenoxy) is 1. The molecule has 1 aliphatic rings. The first-order chi connectivity index (χ1) is 8.26. The minimum atomic E-state index is -0.926. The monoisotopic (exact) mass is 233 g/mol. The van der Waals surface area contributed by atoms with E-state index in [1.54, 1.807) is 25.1 Å². The van der Waals surface area contributed by atoms with Crippen LogP contribution >= 0.6 is 0 Å². The van der Waals surface area contributed by atoms with Crippen molar-refractivity contribution in [1.29, 1.82) is 5.26 Å². The first-order valence-electron chi connectivity index (χ1n) is 5.24. The van der Waals surface area contributed by atoms with Gasteiger partial charge in [0.15, 0.2) is 11.7 Å². The number of hydrogen-bond donors (Lipinski definition) is 0. The van der Waals surface area contributed by atoms with E-state index in [0.29, 0.717) is 17.9 Å². The predicted molar refractivity (Wildman–Crippen MR) is 56.8 cm³/mol. The van der Waals surface area contributed by atoms with Crippen LogP contribution in [-0.2, 0) is 21.0 Å². The number of fused-ring (bicyclic) bond motifs is 1. The molecule has 0 saturated carbocycles. The zero-order chi connectivity index (χ0) is 12.3. The molecule has 0 spiro atoms. The largest absolute Gasteiger partial charge is 0.465 e. The molecule has 17 heavy (non-hydrogen) atoms. The molecular weight excluding hydrogens is 222 g/mol. The van der Waals surface area contributed by atoms with Crippen molar-refractivity contribution in [2.24, 2.45) is 0 Å². The van der Waals surface area contributed by atoms with Crippen LogP contribution in [0.3, 0.4) is 0 Å². The van der Waals surface area contributed by atoms with Gasteiger partial charge in [-0.05, 0) is 18.6 Å². The van der Waals surface area contributed by atoms with Crippen LogP contribution in [0.2, 0.25) is 0 Å². The average Bonchev–Trinajstić information content (AvgIpc) is 2.77. The van der Waals surface area contributed by atoms with Gasteiger partial charge in [-0.1, -0.05) is 12.1 Å². The van der Waals surface area contributed by atoms with Crippen LogP contribution in [0.4, 0.5) is 0 Å². The molecule has 0 fully saturated rings. The fraction of sp³-hybridized carbons (Fsp3) is 0.333. The summed E-state index contributed by atoms with van der Waals surface area (Å²) in [6.07, 6.45) is 0. The lowest BCUT2D eigenvalue weighted by Gasteiger charge is -2.08. The van der Waals surface area contributed by atoms with Gasteiger partial charge in [-0.25, -0.2) is 0 Å². The van der Waals surface area contributed by atoms with Crippen molar-refractivity contribution in [2.45, 2.75) is 19.4 Å². The third kappa shape index (κ3) is 2.22. The molecule has 88 valence electrons. The minimum Gasteiger partial charge on any atom is -0.465 e. The summed E-state index contributed by atoms with van der Waals surface area (Å²) in [6, 6.07) is 7.04. The van der Waals surface area contributed by atoms with E-state index in [9.17, 15) is 4.79 Å². The third-order valence-electron chi connectivity index (χ3n) is 2.44. The molecule has 0 saturated heterocycles. The molecule has 1 unspecified atom stereocenters. The topological polar surface area (TPSA) is 68.6 Å². The van der Waals surface area contributed by atoms with Gasteiger partial charge in [-0.2, -0.15) is 10.1 Å². The van der Waals surface area contributed by atoms with E-state index in [1.807, 2.05) is 6.07 Å². The van der Waals surface area contributed by atoms with Crippen LogP contribution in [0.15, 0.2) is 18.2 Å². The van der Waals surface area contributed by atoms with Gasteiger partial charge in [0.1, 0.15) is 6.61 Å². The van der Waals surface area contributed by atoms with Crippen LogP contribution in [0.1, 0.15) is 24.0 Å². The first kappa shape index (κ1) is 11.4. The Hall–Kier alpha value is -2.06. The summed E-state index contributed by atoms with van der Waals surface area (Å²) >= 11 is 0. The van der Waals surface area contributed by atoms with E-state index in [2.05, 4.69) is 0 Å². The van der Waals surface area contributed by atoms with E-state index < -0.39 is 11.9 Å². The van der Waals surface area contributed by atoms with E-state index in [1.165, 1.54) is 0 Å². The number of nitriles is 1. The van der Waals surface area contributed by atoms with E-state index in [4.69, 9.17) is 19.8 Å². The Balaban J connectivity index is 2.26. The van der Waals surface area contributed by atoms with Crippen molar-refractivity contribution in [1.82, 2.24) is 0 Å². The molecule has 1 aromatic rings. The number of hydrogen-bond acceptors (Lipinski definition) is 5. The summed E-state index contributed by atoms with van der Waals surface area (Å²) in [6.45, 7) is 2.33. The molecule has 1 atom stereocenters. The SMILES string of the molecule is CCOC(=O)C(C#N)c1ccc2c(c1)OOC2. The van der Waals surface area contributed by atoms with E-state index >= 15 is 0 Å². The molecule has 1 aromatic carbocycles. The Morgan fingerprint density at radius 3 is 3.18 bits per heavy atom. The Morgan fingerprint density at radius 2 is 2.47 bits per heavy atom. The van der Waals surface area contributed by atoms with Crippen molar-refractivity contribution >= 4 is 5.97 Å². The third-order valence-corrected chi connectivity index (χ3v) is 2.44. The van der Waals surface area contributed by atoms with Gasteiger partial charge < -0.3 is 9.62 Å². The molecule has 1 aliphatic heterocycles. The lowest BCUT2D eigenvalue weighted by atomic mass is 9.99. The number of nitrogens with zero attached hydrogens (tertiary/aromatic N) is 1. The molecule has 0 aromatic heterocycles. The van der Waals surface area contributed by atoms with Crippen LogP contribution in [0.25, 0.3) is 0 Å². The molecular formula is C12H11NO4. The number of benzene rings is 1. The van der Waals surface area contributed by atoms with Gasteiger partial charge in [-0.15, -0.1) is 0 Å². The second-order valence-corrected chi connectivity index (χ2v) is 3.53. The molecule has 0 bridgehead atoms. The maximum absolute atomic E-state index is 11.6. The molecule has 1 heterocycles. The Kier molecular flexibility index (Phi) is 3.26. The fourth-order valence-electron chi connectivity index (χ4n) is 1.59. The minimum absolute atomic E-state index is 0.252. The summed E-state index contributed by atoms with van der Waals surface area (Å²) in [7, 11) is 0. The average molecular weight is 233 g/mol. The summed E-state index contributed by atoms with van der Waals surface area (Å²) in [5.74, 6) is -0.926. The maximum atomic E-state index is 11.6. The highest BCUT2D eigenvalue weighted by Gasteiger charge is 2.24. The molecule has 0 aliphatic carbocycles. The second kappa shape index (κ2) is 4.85. The summed E-state index contributed by atoms with van der Waals surface area (Å²) < 4.78 is 4.84. The highest BCUT2D eigenvalue weighted by molar-refractivity contribution is 5.81. The summed E-state index contributed by atoms with van der Waals surface area (Å²) in [5, 5.41) is 9.00. The Bertz CT molecular complexity index is 478. The van der Waals surface area contributed by atoms with Gasteiger partial charge >= 0.3 is 5.97 Å². The molecule has 5 heteroatoms. The van der Waals surface area contributed by atoms with E-state index in [-0.39, 0.29) is 6.61 Å². The van der Waals surface area contributed by atoms with Gasteiger partial charge in [0.05, 0.1) is 12.7 Å². The highest BCUT2D eigenvalue weighted by atomic mass is 17.2. The second-order valence-electron chi connectivity index (χ2n) is 3.53. The normalized spacial score (nSPS) is 14.4. The van der Waals surface area contributed by atoms with Crippen molar-refractivity contribution in [3.8, 4) is 11.8 Å². The molecule has 2 rings (SSSR count). The number of carbonyl (C=O) groups excluding carboxylic acids is 1. The fourth-order valence-corrected chi connectivity index (χ4v) is 1.59. The van der Waals surface area contributed by atoms with Crippen molar-refractivity contribution < 1.29 is 19.3 Å². The lowest BCUT2D eigenvalue weighted by molar-refractivity contribution is -0.194. The highest BCUT2D eigenvalue weighted by Crippen LogP contribution is 2.30. The van der Waals surface area contributed by atoms with Gasteiger partial charge in [0.25, 0.3) is 0 Å². The van der Waals surface area contributed by atoms with Crippen molar-refractivity contribution in [2.75, 3.05) is 6.61 Å². The number of rotatable bonds is 3. The number of esters is 1. The molecule has 0 N–H and O–H groups in total. The lowest BCUT2D eigenvalue weighted by Crippen LogP contribution is -2.14. The zero-order valence-corrected chi connectivity index (χ0v) is 9.30. The van der Waals surface area contributed by atoms with Crippen LogP contribution in [0.5, 0.6) is 5.75 Å². The van der Waals surface area contributed by atoms with Crippen LogP contribution in [0, 0.1) is 11.3 Å². The standard InChI is InChI=1S/C12H11NO4/c1-2-15-12(14)10(6-13)8-3-4-9-7-16-17-11(9)5-8/h3-5,10H,2,7H2,1H3. The van der Waals surface area contributed by atoms with Gasteiger partial charge in [-0.3, -0.25) is 4.79 Å². The maximum Gasteiger partial charge on any atom is 0.327 e. The molecule has 5 nitrogen and oxygen atoms in total. The van der Waals surface area contributed by atoms with Gasteiger partial charge in [0, 0.05) is 5.56 Å². The molecule has 0 amide bonds. The van der Waals surface area contributed by atoms with Crippen LogP contribution < -0.4 is 4.89 Å². The predicted octanol–water partition coefficient (Wildman–Crippen LogP) is 1.68. The Morgan fingerprint density at radius 1 is 1.65 bits per heavy atom. The van der Waals surface area contributed by atoms with Gasteiger partial charge in [0.2, 0.25) is 0 Å². The quantitative estimate of drug-likeness (QED) is 0.586. The van der Waals surface area contributed by atoms with Crippen molar-refractivity contribution in [3.63, 3.8) is 0 Å².